The van der Waals surface area contributed by atoms with Gasteiger partial charge in [0.25, 0.3) is 0 Å². The first-order chi connectivity index (χ1) is 15.4. The van der Waals surface area contributed by atoms with Crippen LogP contribution in [0.3, 0.4) is 0 Å². The lowest BCUT2D eigenvalue weighted by Crippen LogP contribution is -2.58. The number of hydrogen-bond donors (Lipinski definition) is 0. The summed E-state index contributed by atoms with van der Waals surface area (Å²) in [6.07, 6.45) is 4.13. The van der Waals surface area contributed by atoms with Gasteiger partial charge in [-0.1, -0.05) is 0 Å². The van der Waals surface area contributed by atoms with Gasteiger partial charge < -0.3 is 14.4 Å². The summed E-state index contributed by atoms with van der Waals surface area (Å²) >= 11 is 0. The lowest BCUT2D eigenvalue weighted by atomic mass is 9.86. The Morgan fingerprint density at radius 1 is 1.18 bits per heavy atom. The minimum Gasteiger partial charge on any atom is -0.463 e. The quantitative estimate of drug-likeness (QED) is 0.464. The third-order valence-electron chi connectivity index (χ3n) is 8.03. The third-order valence-corrected chi connectivity index (χ3v) is 8.03. The molecule has 2 fully saturated rings. The molecule has 2 saturated heterocycles. The Morgan fingerprint density at radius 3 is 2.39 bits per heavy atom. The second kappa shape index (κ2) is 11.8. The smallest absolute Gasteiger partial charge is 0.316 e. The maximum absolute atomic E-state index is 12.8. The lowest BCUT2D eigenvalue weighted by Gasteiger charge is -2.47. The van der Waals surface area contributed by atoms with Crippen molar-refractivity contribution in [1.29, 1.82) is 0 Å². The highest BCUT2D eigenvalue weighted by molar-refractivity contribution is 5.98. The van der Waals surface area contributed by atoms with Crippen LogP contribution in [0.15, 0.2) is 0 Å². The molecule has 2 aliphatic rings. The normalized spacial score (nSPS) is 28.4. The van der Waals surface area contributed by atoms with Gasteiger partial charge >= 0.3 is 5.97 Å². The zero-order valence-electron chi connectivity index (χ0n) is 21.8. The Labute approximate surface area is 199 Å². The first-order valence-electron chi connectivity index (χ1n) is 12.4. The second-order valence-electron chi connectivity index (χ2n) is 10.6. The number of cyclic esters (lactones) is 1. The molecule has 0 radical (unpaired) electrons. The maximum Gasteiger partial charge on any atom is 0.316 e. The number of methoxy groups -OCH3 is 1. The van der Waals surface area contributed by atoms with Gasteiger partial charge in [-0.3, -0.25) is 24.2 Å². The number of ketones is 1. The van der Waals surface area contributed by atoms with E-state index in [0.29, 0.717) is 38.5 Å². The number of amides is 1. The molecule has 1 unspecified atom stereocenters. The number of likely N-dealkylation sites (tertiary alicyclic amines) is 1. The molecular weight excluding hydrogens is 422 g/mol. The fourth-order valence-corrected chi connectivity index (χ4v) is 4.63. The predicted molar refractivity (Wildman–Crippen MR) is 128 cm³/mol. The van der Waals surface area contributed by atoms with Crippen molar-refractivity contribution in [3.05, 3.63) is 0 Å². The highest BCUT2D eigenvalue weighted by Gasteiger charge is 2.41. The van der Waals surface area contributed by atoms with E-state index in [1.807, 2.05) is 23.8 Å². The molecule has 0 aromatic heterocycles. The molecule has 0 N–H and O–H groups in total. The lowest BCUT2D eigenvalue weighted by molar-refractivity contribution is -0.157. The van der Waals surface area contributed by atoms with E-state index < -0.39 is 11.9 Å². The highest BCUT2D eigenvalue weighted by Crippen LogP contribution is 2.31. The Morgan fingerprint density at radius 2 is 1.82 bits per heavy atom. The monoisotopic (exact) mass is 467 g/mol. The van der Waals surface area contributed by atoms with Gasteiger partial charge in [-0.2, -0.15) is 0 Å². The van der Waals surface area contributed by atoms with E-state index in [2.05, 4.69) is 25.8 Å². The summed E-state index contributed by atoms with van der Waals surface area (Å²) < 4.78 is 11.5. The summed E-state index contributed by atoms with van der Waals surface area (Å²) in [5.41, 5.74) is -0.726. The van der Waals surface area contributed by atoms with Gasteiger partial charge in [0.2, 0.25) is 5.91 Å². The van der Waals surface area contributed by atoms with Crippen molar-refractivity contribution in [1.82, 2.24) is 14.7 Å². The molecule has 0 saturated carbocycles. The van der Waals surface area contributed by atoms with Crippen LogP contribution in [0.2, 0.25) is 0 Å². The SMILES string of the molecule is CO[C@]1(C)CCCN(C)C2(CCN(C(=O)CN(C)C(C)C)CC2)COC(=O)C(C)C(=O)CC1. The van der Waals surface area contributed by atoms with Crippen molar-refractivity contribution in [3.63, 3.8) is 0 Å². The Bertz CT molecular complexity index is 690. The predicted octanol–water partition coefficient (Wildman–Crippen LogP) is 2.35. The van der Waals surface area contributed by atoms with Gasteiger partial charge in [0, 0.05) is 32.7 Å². The van der Waals surface area contributed by atoms with Crippen molar-refractivity contribution >= 4 is 17.7 Å². The number of hydrogen-bond acceptors (Lipinski definition) is 7. The standard InChI is InChI=1S/C25H45N3O5/c1-19(2)26(5)17-22(30)28-15-12-25(13-16-28)18-33-23(31)20(3)21(29)9-11-24(4,32-7)10-8-14-27(25)6/h19-20H,8-18H2,1-7H3/t20?,24-/m1/s1. The minimum atomic E-state index is -0.776. The molecule has 0 aromatic carbocycles. The van der Waals surface area contributed by atoms with Gasteiger partial charge in [-0.15, -0.1) is 0 Å². The topological polar surface area (TPSA) is 79.4 Å². The molecule has 0 aliphatic carbocycles. The molecule has 0 aromatic rings. The zero-order chi connectivity index (χ0) is 24.8. The van der Waals surface area contributed by atoms with E-state index in [-0.39, 0.29) is 29.4 Å². The minimum absolute atomic E-state index is 0.0976. The van der Waals surface area contributed by atoms with Crippen LogP contribution in [0.1, 0.15) is 66.2 Å². The van der Waals surface area contributed by atoms with Crippen LogP contribution < -0.4 is 0 Å². The summed E-state index contributed by atoms with van der Waals surface area (Å²) in [5, 5.41) is 0. The second-order valence-corrected chi connectivity index (χ2v) is 10.6. The van der Waals surface area contributed by atoms with Crippen LogP contribution in [0.4, 0.5) is 0 Å². The van der Waals surface area contributed by atoms with Crippen molar-refractivity contribution < 1.29 is 23.9 Å². The van der Waals surface area contributed by atoms with E-state index in [1.165, 1.54) is 0 Å². The summed E-state index contributed by atoms with van der Waals surface area (Å²) in [7, 11) is 5.73. The van der Waals surface area contributed by atoms with Crippen molar-refractivity contribution in [2.24, 2.45) is 5.92 Å². The first kappa shape index (κ1) is 27.7. The number of likely N-dealkylation sites (N-methyl/N-ethyl adjacent to an activating group) is 2. The Kier molecular flexibility index (Phi) is 9.88. The molecule has 2 rings (SSSR count). The molecule has 1 spiro atoms. The molecule has 2 heterocycles. The molecule has 190 valence electrons. The molecule has 33 heavy (non-hydrogen) atoms. The average Bonchev–Trinajstić information content (AvgIpc) is 2.80. The number of carbonyl (C=O) groups excluding carboxylic acids is 3. The highest BCUT2D eigenvalue weighted by atomic mass is 16.5. The summed E-state index contributed by atoms with van der Waals surface area (Å²) in [4.78, 5) is 44.3. The van der Waals surface area contributed by atoms with Crippen LogP contribution in [-0.2, 0) is 23.9 Å². The van der Waals surface area contributed by atoms with Crippen molar-refractivity contribution in [2.45, 2.75) is 83.4 Å². The molecule has 8 heteroatoms. The average molecular weight is 468 g/mol. The number of nitrogens with zero attached hydrogens (tertiary/aromatic N) is 3. The van der Waals surface area contributed by atoms with Crippen molar-refractivity contribution in [3.8, 4) is 0 Å². The van der Waals surface area contributed by atoms with E-state index in [4.69, 9.17) is 9.47 Å². The number of piperidine rings is 1. The van der Waals surface area contributed by atoms with Crippen molar-refractivity contribution in [2.75, 3.05) is 54.0 Å². The number of Topliss-reactive ketones (excluding diaryl/α,β-unsaturated/α-hetero) is 1. The maximum atomic E-state index is 12.8. The third kappa shape index (κ3) is 7.23. The number of esters is 1. The van der Waals surface area contributed by atoms with Gasteiger partial charge in [0.15, 0.2) is 0 Å². The van der Waals surface area contributed by atoms with Gasteiger partial charge in [0.1, 0.15) is 18.3 Å². The molecular formula is C25H45N3O5. The summed E-state index contributed by atoms with van der Waals surface area (Å²) in [6, 6.07) is 0.313. The molecule has 2 atom stereocenters. The summed E-state index contributed by atoms with van der Waals surface area (Å²) in [5.74, 6) is -1.19. The van der Waals surface area contributed by atoms with Crippen LogP contribution >= 0.6 is 0 Å². The number of ether oxygens (including phenoxy) is 2. The van der Waals surface area contributed by atoms with E-state index in [9.17, 15) is 14.4 Å². The molecule has 8 nitrogen and oxygen atoms in total. The number of rotatable bonds is 4. The Balaban J connectivity index is 2.14. The van der Waals surface area contributed by atoms with Gasteiger partial charge in [-0.05, 0) is 80.4 Å². The largest absolute Gasteiger partial charge is 0.463 e. The summed E-state index contributed by atoms with van der Waals surface area (Å²) in [6.45, 7) is 10.6. The van der Waals surface area contributed by atoms with E-state index in [1.54, 1.807) is 14.0 Å². The van der Waals surface area contributed by atoms with E-state index in [0.717, 1.165) is 32.2 Å². The van der Waals surface area contributed by atoms with Gasteiger partial charge in [-0.25, -0.2) is 0 Å². The molecule has 2 aliphatic heterocycles. The van der Waals surface area contributed by atoms with Crippen LogP contribution in [0, 0.1) is 5.92 Å². The van der Waals surface area contributed by atoms with Crippen LogP contribution in [-0.4, -0.2) is 104 Å². The van der Waals surface area contributed by atoms with Crippen LogP contribution in [0.5, 0.6) is 0 Å². The Hall–Kier alpha value is -1.51. The first-order valence-corrected chi connectivity index (χ1v) is 12.4. The molecule has 1 amide bonds. The fraction of sp³-hybridized carbons (Fsp3) is 0.880. The zero-order valence-corrected chi connectivity index (χ0v) is 21.8. The molecule has 0 bridgehead atoms. The number of carbonyl (C=O) groups is 3. The fourth-order valence-electron chi connectivity index (χ4n) is 4.63. The van der Waals surface area contributed by atoms with Gasteiger partial charge in [0.05, 0.1) is 17.7 Å². The van der Waals surface area contributed by atoms with Crippen LogP contribution in [0.25, 0.3) is 0 Å². The van der Waals surface area contributed by atoms with E-state index >= 15 is 0 Å².